The van der Waals surface area contributed by atoms with Crippen LogP contribution in [0.5, 0.6) is 0 Å². The number of hydrogen-bond acceptors (Lipinski definition) is 2. The molecule has 4 nitrogen and oxygen atoms in total. The molecular formula is C23H27F2N3O. The molecule has 0 N–H and O–H groups in total. The smallest absolute Gasteiger partial charge is 0.320 e. The number of halogens is 2. The van der Waals surface area contributed by atoms with Crippen molar-refractivity contribution in [3.8, 4) is 0 Å². The van der Waals surface area contributed by atoms with Crippen LogP contribution in [0.4, 0.5) is 13.6 Å². The summed E-state index contributed by atoms with van der Waals surface area (Å²) in [7, 11) is 3.48. The van der Waals surface area contributed by atoms with E-state index in [9.17, 15) is 13.6 Å². The first kappa shape index (κ1) is 19.8. The maximum absolute atomic E-state index is 14.5. The van der Waals surface area contributed by atoms with E-state index in [2.05, 4.69) is 4.90 Å². The lowest BCUT2D eigenvalue weighted by Gasteiger charge is -2.32. The molecule has 0 radical (unpaired) electrons. The summed E-state index contributed by atoms with van der Waals surface area (Å²) in [5.74, 6) is 0.0594. The molecule has 0 bridgehead atoms. The Morgan fingerprint density at radius 1 is 1.10 bits per heavy atom. The summed E-state index contributed by atoms with van der Waals surface area (Å²) in [5.41, 5.74) is 2.19. The van der Waals surface area contributed by atoms with Crippen LogP contribution < -0.4 is 0 Å². The maximum Gasteiger partial charge on any atom is 0.320 e. The van der Waals surface area contributed by atoms with Gasteiger partial charge >= 0.3 is 6.03 Å². The SMILES string of the molecule is Cc1cccc(CN2C[C@@H]3CN(C(=O)N(C)C)[C@H](c4cccc(F)c4)[C@@H]3C2)c1F. The summed E-state index contributed by atoms with van der Waals surface area (Å²) in [6, 6.07) is 11.8. The van der Waals surface area contributed by atoms with Gasteiger partial charge in [0.05, 0.1) is 6.04 Å². The number of carbonyl (C=O) groups is 1. The van der Waals surface area contributed by atoms with Gasteiger partial charge in [-0.3, -0.25) is 4.90 Å². The summed E-state index contributed by atoms with van der Waals surface area (Å²) in [6.07, 6.45) is 0. The molecule has 2 aromatic rings. The zero-order valence-corrected chi connectivity index (χ0v) is 17.1. The van der Waals surface area contributed by atoms with Gasteiger partial charge in [0.1, 0.15) is 11.6 Å². The third kappa shape index (κ3) is 3.73. The number of hydrogen-bond donors (Lipinski definition) is 0. The van der Waals surface area contributed by atoms with Gasteiger partial charge in [-0.15, -0.1) is 0 Å². The monoisotopic (exact) mass is 399 g/mol. The van der Waals surface area contributed by atoms with Crippen molar-refractivity contribution in [3.63, 3.8) is 0 Å². The Hall–Kier alpha value is -2.47. The Labute approximate surface area is 170 Å². The van der Waals surface area contributed by atoms with E-state index in [1.54, 1.807) is 38.1 Å². The van der Waals surface area contributed by atoms with Crippen LogP contribution in [0.1, 0.15) is 22.7 Å². The second-order valence-corrected chi connectivity index (χ2v) is 8.50. The van der Waals surface area contributed by atoms with Crippen molar-refractivity contribution in [3.05, 3.63) is 70.8 Å². The Morgan fingerprint density at radius 3 is 2.59 bits per heavy atom. The normalized spacial score (nSPS) is 24.0. The molecule has 0 spiro atoms. The molecule has 0 unspecified atom stereocenters. The Morgan fingerprint density at radius 2 is 1.86 bits per heavy atom. The Balaban J connectivity index is 1.58. The highest BCUT2D eigenvalue weighted by atomic mass is 19.1. The fourth-order valence-electron chi connectivity index (χ4n) is 4.91. The summed E-state index contributed by atoms with van der Waals surface area (Å²) in [4.78, 5) is 18.5. The van der Waals surface area contributed by atoms with Crippen LogP contribution in [0.15, 0.2) is 42.5 Å². The van der Waals surface area contributed by atoms with Crippen LogP contribution in [-0.4, -0.2) is 54.5 Å². The van der Waals surface area contributed by atoms with Gasteiger partial charge in [-0.2, -0.15) is 0 Å². The number of nitrogens with zero attached hydrogens (tertiary/aromatic N) is 3. The van der Waals surface area contributed by atoms with Crippen LogP contribution in [0.25, 0.3) is 0 Å². The van der Waals surface area contributed by atoms with Gasteiger partial charge in [-0.05, 0) is 36.1 Å². The van der Waals surface area contributed by atoms with Crippen molar-refractivity contribution >= 4 is 6.03 Å². The summed E-state index contributed by atoms with van der Waals surface area (Å²) in [6.45, 7) is 4.54. The predicted molar refractivity (Wildman–Crippen MR) is 108 cm³/mol. The number of aryl methyl sites for hydroxylation is 1. The molecule has 0 aliphatic carbocycles. The molecule has 29 heavy (non-hydrogen) atoms. The number of amides is 2. The largest absolute Gasteiger partial charge is 0.331 e. The van der Waals surface area contributed by atoms with E-state index in [0.29, 0.717) is 30.1 Å². The molecule has 2 fully saturated rings. The molecule has 3 atom stereocenters. The van der Waals surface area contributed by atoms with E-state index in [0.717, 1.165) is 18.7 Å². The van der Waals surface area contributed by atoms with Gasteiger partial charge in [0, 0.05) is 51.8 Å². The molecule has 2 aliphatic rings. The number of urea groups is 1. The van der Waals surface area contributed by atoms with Crippen molar-refractivity contribution < 1.29 is 13.6 Å². The van der Waals surface area contributed by atoms with Crippen LogP contribution >= 0.6 is 0 Å². The molecule has 6 heteroatoms. The van der Waals surface area contributed by atoms with Gasteiger partial charge in [-0.1, -0.05) is 30.3 Å². The zero-order valence-electron chi connectivity index (χ0n) is 17.1. The highest BCUT2D eigenvalue weighted by Gasteiger charge is 2.49. The number of rotatable bonds is 3. The minimum atomic E-state index is -0.292. The first-order chi connectivity index (χ1) is 13.8. The van der Waals surface area contributed by atoms with Crippen molar-refractivity contribution in [2.45, 2.75) is 19.5 Å². The molecule has 154 valence electrons. The summed E-state index contributed by atoms with van der Waals surface area (Å²) in [5, 5.41) is 0. The van der Waals surface area contributed by atoms with E-state index in [-0.39, 0.29) is 29.6 Å². The zero-order chi connectivity index (χ0) is 20.7. The summed E-state index contributed by atoms with van der Waals surface area (Å²) < 4.78 is 28.4. The quantitative estimate of drug-likeness (QED) is 0.778. The standard InChI is InChI=1S/C23H27F2N3O/c1-15-6-4-8-17(21(15)25)11-27-12-18-13-28(23(29)26(2)3)22(20(18)14-27)16-7-5-9-19(24)10-16/h4-10,18,20,22H,11-14H2,1-3H3/t18-,20-,22-/m1/s1. The van der Waals surface area contributed by atoms with E-state index >= 15 is 0 Å². The average Bonchev–Trinajstić information content (AvgIpc) is 3.21. The van der Waals surface area contributed by atoms with Crippen molar-refractivity contribution in [1.82, 2.24) is 14.7 Å². The number of likely N-dealkylation sites (tertiary alicyclic amines) is 2. The number of fused-ring (bicyclic) bond motifs is 1. The summed E-state index contributed by atoms with van der Waals surface area (Å²) >= 11 is 0. The van der Waals surface area contributed by atoms with Gasteiger partial charge in [0.15, 0.2) is 0 Å². The second-order valence-electron chi connectivity index (χ2n) is 8.50. The molecule has 2 saturated heterocycles. The van der Waals surface area contributed by atoms with Crippen molar-refractivity contribution in [2.75, 3.05) is 33.7 Å². The van der Waals surface area contributed by atoms with Gasteiger partial charge in [-0.25, -0.2) is 13.6 Å². The minimum absolute atomic E-state index is 0.0510. The molecule has 2 aliphatic heterocycles. The molecule has 4 rings (SSSR count). The Bertz CT molecular complexity index is 917. The van der Waals surface area contributed by atoms with Crippen LogP contribution in [0.2, 0.25) is 0 Å². The van der Waals surface area contributed by atoms with Crippen molar-refractivity contribution in [1.29, 1.82) is 0 Å². The van der Waals surface area contributed by atoms with E-state index in [1.165, 1.54) is 12.1 Å². The van der Waals surface area contributed by atoms with Gasteiger partial charge in [0.2, 0.25) is 0 Å². The lowest BCUT2D eigenvalue weighted by atomic mass is 9.89. The highest BCUT2D eigenvalue weighted by molar-refractivity contribution is 5.75. The second kappa shape index (κ2) is 7.75. The van der Waals surface area contributed by atoms with E-state index in [4.69, 9.17) is 0 Å². The fourth-order valence-corrected chi connectivity index (χ4v) is 4.91. The lowest BCUT2D eigenvalue weighted by Crippen LogP contribution is -2.41. The van der Waals surface area contributed by atoms with E-state index < -0.39 is 0 Å². The predicted octanol–water partition coefficient (Wildman–Crippen LogP) is 4.06. The third-order valence-electron chi connectivity index (χ3n) is 6.22. The molecular weight excluding hydrogens is 372 g/mol. The molecule has 2 aromatic carbocycles. The van der Waals surface area contributed by atoms with E-state index in [1.807, 2.05) is 23.1 Å². The number of benzene rings is 2. The Kier molecular flexibility index (Phi) is 5.30. The highest BCUT2D eigenvalue weighted by Crippen LogP contribution is 2.45. The maximum atomic E-state index is 14.5. The van der Waals surface area contributed by atoms with Gasteiger partial charge in [0.25, 0.3) is 0 Å². The first-order valence-corrected chi connectivity index (χ1v) is 10.0. The van der Waals surface area contributed by atoms with Crippen LogP contribution in [0, 0.1) is 30.4 Å². The van der Waals surface area contributed by atoms with Crippen LogP contribution in [0.3, 0.4) is 0 Å². The van der Waals surface area contributed by atoms with Gasteiger partial charge < -0.3 is 9.80 Å². The fraction of sp³-hybridized carbons (Fsp3) is 0.435. The molecule has 0 saturated carbocycles. The topological polar surface area (TPSA) is 26.8 Å². The van der Waals surface area contributed by atoms with Crippen LogP contribution in [-0.2, 0) is 6.54 Å². The average molecular weight is 399 g/mol. The molecule has 0 aromatic heterocycles. The lowest BCUT2D eigenvalue weighted by molar-refractivity contribution is 0.151. The molecule has 2 heterocycles. The first-order valence-electron chi connectivity index (χ1n) is 10.0. The number of carbonyl (C=O) groups excluding carboxylic acids is 1. The van der Waals surface area contributed by atoms with Crippen molar-refractivity contribution in [2.24, 2.45) is 11.8 Å². The molecule has 2 amide bonds. The minimum Gasteiger partial charge on any atom is -0.331 e. The third-order valence-corrected chi connectivity index (χ3v) is 6.22.